The van der Waals surface area contributed by atoms with Crippen LogP contribution in [-0.2, 0) is 16.0 Å². The Morgan fingerprint density at radius 1 is 0.966 bits per heavy atom. The number of hydrogen-bond acceptors (Lipinski definition) is 6. The van der Waals surface area contributed by atoms with Gasteiger partial charge in [0.05, 0.1) is 10.9 Å². The molecule has 1 aromatic rings. The Kier molecular flexibility index (Phi) is 10.5. The number of benzene rings is 1. The number of aliphatic carboxylic acids is 2. The molecule has 0 bridgehead atoms. The van der Waals surface area contributed by atoms with Crippen LogP contribution < -0.4 is 11.5 Å². The Labute approximate surface area is 178 Å². The Morgan fingerprint density at radius 3 is 1.93 bits per heavy atom. The highest BCUT2D eigenvalue weighted by atomic mass is 79.9. The summed E-state index contributed by atoms with van der Waals surface area (Å²) in [6.45, 7) is 0. The van der Waals surface area contributed by atoms with Crippen molar-refractivity contribution in [3.63, 3.8) is 0 Å². The van der Waals surface area contributed by atoms with Gasteiger partial charge in [-0.25, -0.2) is 0 Å². The van der Waals surface area contributed by atoms with Crippen LogP contribution in [0.3, 0.4) is 0 Å². The molecular weight excluding hydrogens is 444 g/mol. The summed E-state index contributed by atoms with van der Waals surface area (Å²) in [5.74, 6) is -2.06. The van der Waals surface area contributed by atoms with E-state index < -0.39 is 29.6 Å². The number of carbonyl (C=O) groups excluding carboxylic acids is 1. The van der Waals surface area contributed by atoms with Gasteiger partial charge in [-0.05, 0) is 24.8 Å². The quantitative estimate of drug-likeness (QED) is 0.281. The molecule has 2 atom stereocenters. The van der Waals surface area contributed by atoms with Crippen LogP contribution in [-0.4, -0.2) is 56.1 Å². The molecule has 29 heavy (non-hydrogen) atoms. The van der Waals surface area contributed by atoms with E-state index in [2.05, 4.69) is 15.9 Å². The lowest BCUT2D eigenvalue weighted by atomic mass is 9.80. The zero-order chi connectivity index (χ0) is 22.0. The fourth-order valence-corrected chi connectivity index (χ4v) is 3.48. The van der Waals surface area contributed by atoms with Crippen LogP contribution in [0.1, 0.15) is 54.4 Å². The molecule has 162 valence electrons. The van der Waals surface area contributed by atoms with Crippen LogP contribution in [0.25, 0.3) is 0 Å². The zero-order valence-electron chi connectivity index (χ0n) is 16.2. The van der Waals surface area contributed by atoms with Gasteiger partial charge in [-0.3, -0.25) is 14.4 Å². The largest absolute Gasteiger partial charge is 0.480 e. The Morgan fingerprint density at radius 2 is 1.48 bits per heavy atom. The lowest BCUT2D eigenvalue weighted by Crippen LogP contribution is -2.42. The van der Waals surface area contributed by atoms with Crippen LogP contribution >= 0.6 is 15.9 Å². The minimum atomic E-state index is -1.03. The predicted octanol–water partition coefficient (Wildman–Crippen LogP) is 1.70. The van der Waals surface area contributed by atoms with Gasteiger partial charge >= 0.3 is 11.9 Å². The molecule has 8 nitrogen and oxygen atoms in total. The molecule has 7 N–H and O–H groups in total. The second kappa shape index (κ2) is 12.0. The first-order valence-electron chi connectivity index (χ1n) is 9.45. The molecule has 0 heterocycles. The maximum absolute atomic E-state index is 11.3. The number of carboxylic acid groups (broad SMARTS) is 2. The number of aliphatic hydroxyl groups is 1. The minimum Gasteiger partial charge on any atom is -0.480 e. The number of carbonyl (C=O) groups is 3. The third-order valence-corrected chi connectivity index (χ3v) is 5.38. The van der Waals surface area contributed by atoms with E-state index in [0.717, 1.165) is 24.8 Å². The molecule has 0 saturated heterocycles. The van der Waals surface area contributed by atoms with Gasteiger partial charge in [0.1, 0.15) is 12.1 Å². The van der Waals surface area contributed by atoms with Gasteiger partial charge in [0.2, 0.25) is 0 Å². The van der Waals surface area contributed by atoms with Crippen molar-refractivity contribution in [2.24, 2.45) is 11.5 Å². The molecule has 1 aliphatic carbocycles. The SMILES string of the molecule is N[C@@H](CC1(O)CCCCC1)C(=O)O.N[C@@H](Cc1ccc(C(=O)CBr)cc1)C(=O)O. The van der Waals surface area contributed by atoms with E-state index in [0.29, 0.717) is 18.4 Å². The topological polar surface area (TPSA) is 164 Å². The van der Waals surface area contributed by atoms with Crippen LogP contribution in [0.5, 0.6) is 0 Å². The molecule has 9 heteroatoms. The zero-order valence-corrected chi connectivity index (χ0v) is 17.8. The highest BCUT2D eigenvalue weighted by molar-refractivity contribution is 9.09. The number of carboxylic acids is 2. The third-order valence-electron chi connectivity index (χ3n) is 4.87. The lowest BCUT2D eigenvalue weighted by Gasteiger charge is -2.33. The number of nitrogens with two attached hydrogens (primary N) is 2. The maximum Gasteiger partial charge on any atom is 0.320 e. The van der Waals surface area contributed by atoms with Crippen molar-refractivity contribution in [1.82, 2.24) is 0 Å². The first-order chi connectivity index (χ1) is 13.6. The smallest absolute Gasteiger partial charge is 0.320 e. The molecule has 0 amide bonds. The average Bonchev–Trinajstić information content (AvgIpc) is 2.68. The molecule has 0 aliphatic heterocycles. The molecule has 1 aliphatic rings. The van der Waals surface area contributed by atoms with E-state index in [1.165, 1.54) is 0 Å². The molecule has 2 rings (SSSR count). The van der Waals surface area contributed by atoms with Crippen molar-refractivity contribution in [3.05, 3.63) is 35.4 Å². The standard InChI is InChI=1S/C11H12BrNO3.C9H17NO3/c12-6-10(14)8-3-1-7(2-4-8)5-9(13)11(15)16;10-7(8(11)12)6-9(13)4-2-1-3-5-9/h1-4,9H,5-6,13H2,(H,15,16);7,13H,1-6,10H2,(H,11,12)/t9-;7-/m00/s1. The van der Waals surface area contributed by atoms with Crippen LogP contribution in [0.15, 0.2) is 24.3 Å². The highest BCUT2D eigenvalue weighted by Gasteiger charge is 2.33. The first kappa shape index (κ1) is 25.2. The number of rotatable bonds is 8. The van der Waals surface area contributed by atoms with E-state index in [-0.39, 0.29) is 24.0 Å². The van der Waals surface area contributed by atoms with Gasteiger partial charge in [0, 0.05) is 12.0 Å². The van der Waals surface area contributed by atoms with Crippen molar-refractivity contribution in [1.29, 1.82) is 0 Å². The Bertz CT molecular complexity index is 689. The molecule has 0 radical (unpaired) electrons. The normalized spacial score (nSPS) is 17.4. The molecule has 1 saturated carbocycles. The van der Waals surface area contributed by atoms with E-state index in [4.69, 9.17) is 21.7 Å². The van der Waals surface area contributed by atoms with Gasteiger partial charge in [0.25, 0.3) is 0 Å². The third kappa shape index (κ3) is 9.03. The van der Waals surface area contributed by atoms with Gasteiger partial charge in [-0.15, -0.1) is 0 Å². The summed E-state index contributed by atoms with van der Waals surface area (Å²) in [4.78, 5) is 32.3. The summed E-state index contributed by atoms with van der Waals surface area (Å²) in [6.07, 6.45) is 4.90. The van der Waals surface area contributed by atoms with Gasteiger partial charge in [0.15, 0.2) is 5.78 Å². The van der Waals surface area contributed by atoms with E-state index >= 15 is 0 Å². The fraction of sp³-hybridized carbons (Fsp3) is 0.550. The summed E-state index contributed by atoms with van der Waals surface area (Å²) in [6, 6.07) is 4.96. The second-order valence-electron chi connectivity index (χ2n) is 7.34. The first-order valence-corrected chi connectivity index (χ1v) is 10.6. The average molecular weight is 473 g/mol. The minimum absolute atomic E-state index is 0.00548. The molecule has 0 unspecified atom stereocenters. The van der Waals surface area contributed by atoms with E-state index in [1.807, 2.05) is 0 Å². The maximum atomic E-state index is 11.3. The number of halogens is 1. The van der Waals surface area contributed by atoms with Crippen molar-refractivity contribution >= 4 is 33.7 Å². The molecule has 1 aromatic carbocycles. The lowest BCUT2D eigenvalue weighted by molar-refractivity contribution is -0.141. The van der Waals surface area contributed by atoms with E-state index in [1.54, 1.807) is 24.3 Å². The van der Waals surface area contributed by atoms with Crippen LogP contribution in [0.2, 0.25) is 0 Å². The summed E-state index contributed by atoms with van der Waals surface area (Å²) < 4.78 is 0. The Balaban J connectivity index is 0.000000296. The number of alkyl halides is 1. The molecule has 1 fully saturated rings. The highest BCUT2D eigenvalue weighted by Crippen LogP contribution is 2.31. The van der Waals surface area contributed by atoms with Crippen molar-refractivity contribution in [3.8, 4) is 0 Å². The van der Waals surface area contributed by atoms with Gasteiger partial charge in [-0.2, -0.15) is 0 Å². The predicted molar refractivity (Wildman–Crippen MR) is 112 cm³/mol. The van der Waals surface area contributed by atoms with E-state index in [9.17, 15) is 19.5 Å². The van der Waals surface area contributed by atoms with Gasteiger partial charge in [-0.1, -0.05) is 59.5 Å². The van der Waals surface area contributed by atoms with Gasteiger partial charge < -0.3 is 26.8 Å². The van der Waals surface area contributed by atoms with Crippen molar-refractivity contribution < 1.29 is 29.7 Å². The Hall–Kier alpha value is -1.81. The van der Waals surface area contributed by atoms with Crippen LogP contribution in [0.4, 0.5) is 0 Å². The molecule has 0 aromatic heterocycles. The molecule has 0 spiro atoms. The summed E-state index contributed by atoms with van der Waals surface area (Å²) in [5.41, 5.74) is 11.4. The van der Waals surface area contributed by atoms with Crippen molar-refractivity contribution in [2.45, 2.75) is 62.6 Å². The molecular formula is C20H29BrN2O6. The number of Topliss-reactive ketones (excluding diaryl/α,β-unsaturated/α-hetero) is 1. The number of hydrogen-bond donors (Lipinski definition) is 5. The monoisotopic (exact) mass is 472 g/mol. The summed E-state index contributed by atoms with van der Waals surface area (Å²) in [7, 11) is 0. The fourth-order valence-electron chi connectivity index (χ4n) is 3.16. The van der Waals surface area contributed by atoms with Crippen molar-refractivity contribution in [2.75, 3.05) is 5.33 Å². The number of ketones is 1. The summed E-state index contributed by atoms with van der Waals surface area (Å²) in [5, 5.41) is 27.5. The second-order valence-corrected chi connectivity index (χ2v) is 7.90. The summed E-state index contributed by atoms with van der Waals surface area (Å²) >= 11 is 3.08. The van der Waals surface area contributed by atoms with Crippen LogP contribution in [0, 0.1) is 0 Å².